The summed E-state index contributed by atoms with van der Waals surface area (Å²) in [6.07, 6.45) is 3.31. The van der Waals surface area contributed by atoms with Crippen LogP contribution < -0.4 is 0 Å². The Morgan fingerprint density at radius 1 is 0.895 bits per heavy atom. The normalized spacial score (nSPS) is 16.5. The largest absolute Gasteiger partial charge is 0.294 e. The second-order valence-electron chi connectivity index (χ2n) is 5.13. The minimum absolute atomic E-state index is 0.249. The first kappa shape index (κ1) is 11.9. The summed E-state index contributed by atoms with van der Waals surface area (Å²) in [6, 6.07) is 16.5. The van der Waals surface area contributed by atoms with Crippen molar-refractivity contribution < 1.29 is 4.79 Å². The fourth-order valence-corrected chi connectivity index (χ4v) is 2.49. The van der Waals surface area contributed by atoms with Gasteiger partial charge in [-0.15, -0.1) is 0 Å². The molecule has 1 heteroatoms. The first-order valence-corrected chi connectivity index (χ1v) is 6.59. The number of Topliss-reactive ketones (excluding diaryl/α,β-unsaturated/α-hetero) is 1. The lowest BCUT2D eigenvalue weighted by molar-refractivity contribution is -0.115. The summed E-state index contributed by atoms with van der Waals surface area (Å²) in [4.78, 5) is 12.2. The van der Waals surface area contributed by atoms with Gasteiger partial charge in [0.15, 0.2) is 5.78 Å². The third kappa shape index (κ3) is 2.50. The molecule has 0 aromatic heterocycles. The molecule has 0 fully saturated rings. The summed E-state index contributed by atoms with van der Waals surface area (Å²) in [7, 11) is 0. The van der Waals surface area contributed by atoms with E-state index in [9.17, 15) is 4.79 Å². The van der Waals surface area contributed by atoms with Crippen molar-refractivity contribution in [3.8, 4) is 0 Å². The highest BCUT2D eigenvalue weighted by Crippen LogP contribution is 2.24. The smallest absolute Gasteiger partial charge is 0.163 e. The third-order valence-electron chi connectivity index (χ3n) is 3.63. The molecular formula is C18H16O. The number of hydrogen-bond donors (Lipinski definition) is 0. The zero-order chi connectivity index (χ0) is 13.2. The van der Waals surface area contributed by atoms with E-state index in [0.717, 1.165) is 17.6 Å². The molecule has 0 atom stereocenters. The molecule has 0 heterocycles. The minimum Gasteiger partial charge on any atom is -0.294 e. The van der Waals surface area contributed by atoms with Crippen LogP contribution >= 0.6 is 0 Å². The van der Waals surface area contributed by atoms with Crippen molar-refractivity contribution in [2.45, 2.75) is 19.8 Å². The molecule has 0 aliphatic heterocycles. The Kier molecular flexibility index (Phi) is 3.04. The Balaban J connectivity index is 1.94. The van der Waals surface area contributed by atoms with Gasteiger partial charge in [0.25, 0.3) is 0 Å². The molecular weight excluding hydrogens is 232 g/mol. The molecule has 0 unspecified atom stereocenters. The van der Waals surface area contributed by atoms with Crippen molar-refractivity contribution >= 4 is 11.9 Å². The Morgan fingerprint density at radius 3 is 2.21 bits per heavy atom. The Labute approximate surface area is 113 Å². The van der Waals surface area contributed by atoms with Crippen LogP contribution in [0.2, 0.25) is 0 Å². The maximum atomic E-state index is 12.2. The summed E-state index contributed by atoms with van der Waals surface area (Å²) in [5, 5.41) is 0. The van der Waals surface area contributed by atoms with E-state index in [4.69, 9.17) is 0 Å². The highest BCUT2D eigenvalue weighted by atomic mass is 16.1. The molecule has 94 valence electrons. The van der Waals surface area contributed by atoms with Crippen LogP contribution in [0.5, 0.6) is 0 Å². The average molecular weight is 248 g/mol. The van der Waals surface area contributed by atoms with Crippen LogP contribution in [-0.2, 0) is 17.6 Å². The highest BCUT2D eigenvalue weighted by molar-refractivity contribution is 6.02. The van der Waals surface area contributed by atoms with Crippen molar-refractivity contribution in [3.05, 3.63) is 76.4 Å². The predicted molar refractivity (Wildman–Crippen MR) is 78.0 cm³/mol. The van der Waals surface area contributed by atoms with E-state index in [1.165, 1.54) is 16.7 Å². The first-order chi connectivity index (χ1) is 9.22. The lowest BCUT2D eigenvalue weighted by Gasteiger charge is -2.17. The molecule has 19 heavy (non-hydrogen) atoms. The standard InChI is InChI=1S/C18H16O/c1-13-6-8-14(9-7-13)10-17-11-15-4-2-3-5-16(15)12-18(17)19/h2-10H,11-12H2,1H3. The van der Waals surface area contributed by atoms with E-state index in [1.54, 1.807) is 0 Å². The van der Waals surface area contributed by atoms with Gasteiger partial charge in [-0.2, -0.15) is 0 Å². The highest BCUT2D eigenvalue weighted by Gasteiger charge is 2.19. The quantitative estimate of drug-likeness (QED) is 0.702. The topological polar surface area (TPSA) is 17.1 Å². The molecule has 2 aromatic rings. The number of benzene rings is 2. The molecule has 0 spiro atoms. The first-order valence-electron chi connectivity index (χ1n) is 6.59. The minimum atomic E-state index is 0.249. The number of hydrogen-bond acceptors (Lipinski definition) is 1. The van der Waals surface area contributed by atoms with E-state index in [1.807, 2.05) is 18.2 Å². The van der Waals surface area contributed by atoms with Gasteiger partial charge in [0, 0.05) is 18.4 Å². The third-order valence-corrected chi connectivity index (χ3v) is 3.63. The molecule has 1 aliphatic carbocycles. The Morgan fingerprint density at radius 2 is 1.53 bits per heavy atom. The SMILES string of the molecule is Cc1ccc(C=C2Cc3ccccc3CC2=O)cc1. The van der Waals surface area contributed by atoms with Crippen LogP contribution in [0, 0.1) is 6.92 Å². The zero-order valence-electron chi connectivity index (χ0n) is 11.0. The number of carbonyl (C=O) groups excluding carboxylic acids is 1. The van der Waals surface area contributed by atoms with Gasteiger partial charge in [-0.3, -0.25) is 4.79 Å². The van der Waals surface area contributed by atoms with E-state index in [0.29, 0.717) is 6.42 Å². The number of allylic oxidation sites excluding steroid dienone is 1. The van der Waals surface area contributed by atoms with Gasteiger partial charge in [0.1, 0.15) is 0 Å². The lowest BCUT2D eigenvalue weighted by Crippen LogP contribution is -2.16. The zero-order valence-corrected chi connectivity index (χ0v) is 11.0. The van der Waals surface area contributed by atoms with Crippen molar-refractivity contribution in [2.75, 3.05) is 0 Å². The summed E-state index contributed by atoms with van der Waals surface area (Å²) in [5.41, 5.74) is 5.72. The van der Waals surface area contributed by atoms with Gasteiger partial charge < -0.3 is 0 Å². The van der Waals surface area contributed by atoms with E-state index in [2.05, 4.69) is 43.3 Å². The lowest BCUT2D eigenvalue weighted by atomic mass is 9.86. The molecule has 0 saturated heterocycles. The van der Waals surface area contributed by atoms with E-state index in [-0.39, 0.29) is 5.78 Å². The van der Waals surface area contributed by atoms with Crippen molar-refractivity contribution in [1.82, 2.24) is 0 Å². The van der Waals surface area contributed by atoms with Gasteiger partial charge in [0.2, 0.25) is 0 Å². The molecule has 3 rings (SSSR count). The summed E-state index contributed by atoms with van der Waals surface area (Å²) >= 11 is 0. The molecule has 0 saturated carbocycles. The fourth-order valence-electron chi connectivity index (χ4n) is 2.49. The van der Waals surface area contributed by atoms with E-state index < -0.39 is 0 Å². The summed E-state index contributed by atoms with van der Waals surface area (Å²) < 4.78 is 0. The second kappa shape index (κ2) is 4.85. The molecule has 1 aliphatic rings. The molecule has 0 N–H and O–H groups in total. The number of carbonyl (C=O) groups is 1. The summed E-state index contributed by atoms with van der Waals surface area (Å²) in [5.74, 6) is 0.249. The van der Waals surface area contributed by atoms with Crippen molar-refractivity contribution in [3.63, 3.8) is 0 Å². The number of rotatable bonds is 1. The van der Waals surface area contributed by atoms with Gasteiger partial charge in [-0.05, 0) is 29.7 Å². The van der Waals surface area contributed by atoms with Gasteiger partial charge in [-0.1, -0.05) is 54.1 Å². The monoisotopic (exact) mass is 248 g/mol. The Bertz CT molecular complexity index is 648. The maximum Gasteiger partial charge on any atom is 0.163 e. The second-order valence-corrected chi connectivity index (χ2v) is 5.13. The number of ketones is 1. The van der Waals surface area contributed by atoms with Crippen LogP contribution in [0.15, 0.2) is 54.1 Å². The summed E-state index contributed by atoms with van der Waals surface area (Å²) in [6.45, 7) is 2.07. The van der Waals surface area contributed by atoms with Crippen LogP contribution in [0.4, 0.5) is 0 Å². The number of aryl methyl sites for hydroxylation is 1. The number of fused-ring (bicyclic) bond motifs is 1. The van der Waals surface area contributed by atoms with Crippen LogP contribution in [0.1, 0.15) is 22.3 Å². The predicted octanol–water partition coefficient (Wildman–Crippen LogP) is 3.75. The van der Waals surface area contributed by atoms with Crippen LogP contribution in [0.25, 0.3) is 6.08 Å². The van der Waals surface area contributed by atoms with Gasteiger partial charge in [0.05, 0.1) is 0 Å². The molecule has 2 aromatic carbocycles. The van der Waals surface area contributed by atoms with Gasteiger partial charge in [-0.25, -0.2) is 0 Å². The molecule has 1 nitrogen and oxygen atoms in total. The Hall–Kier alpha value is -2.15. The maximum absolute atomic E-state index is 12.2. The molecule has 0 amide bonds. The van der Waals surface area contributed by atoms with Crippen LogP contribution in [-0.4, -0.2) is 5.78 Å². The molecule has 0 radical (unpaired) electrons. The van der Waals surface area contributed by atoms with Crippen molar-refractivity contribution in [1.29, 1.82) is 0 Å². The van der Waals surface area contributed by atoms with E-state index >= 15 is 0 Å². The van der Waals surface area contributed by atoms with Crippen LogP contribution in [0.3, 0.4) is 0 Å². The molecule has 0 bridgehead atoms. The fraction of sp³-hybridized carbons (Fsp3) is 0.167. The average Bonchev–Trinajstić information content (AvgIpc) is 2.42. The van der Waals surface area contributed by atoms with Crippen molar-refractivity contribution in [2.24, 2.45) is 0 Å². The van der Waals surface area contributed by atoms with Gasteiger partial charge >= 0.3 is 0 Å².